The quantitative estimate of drug-likeness (QED) is 0.524. The summed E-state index contributed by atoms with van der Waals surface area (Å²) in [4.78, 5) is 5.20. The maximum atomic E-state index is 5.20. The summed E-state index contributed by atoms with van der Waals surface area (Å²) in [6, 6.07) is 9.70. The van der Waals surface area contributed by atoms with Crippen molar-refractivity contribution in [1.82, 2.24) is 5.48 Å². The topological polar surface area (TPSA) is 21.3 Å². The number of rotatable bonds is 4. The fraction of sp³-hybridized carbons (Fsp3) is 0.333. The molecule has 1 aromatic rings. The number of nitrogens with one attached hydrogen (secondary N) is 1. The van der Waals surface area contributed by atoms with E-state index in [1.54, 1.807) is 0 Å². The Morgan fingerprint density at radius 3 is 2.64 bits per heavy atom. The smallest absolute Gasteiger partial charge is 0.147 e. The number of hydrogen-bond donors (Lipinski definition) is 1. The molecule has 0 heterocycles. The second-order valence-corrected chi connectivity index (χ2v) is 2.31. The second kappa shape index (κ2) is 4.74. The van der Waals surface area contributed by atoms with Gasteiger partial charge in [-0.2, -0.15) is 5.48 Å². The number of hydroxylamine groups is 1. The molecule has 1 N–H and O–H groups in total. The molecule has 0 amide bonds. The van der Waals surface area contributed by atoms with Crippen LogP contribution < -0.4 is 10.3 Å². The van der Waals surface area contributed by atoms with Crippen LogP contribution in [0.3, 0.4) is 0 Å². The molecule has 0 saturated carbocycles. The first-order chi connectivity index (χ1) is 5.43. The molecule has 0 aliphatic rings. The maximum Gasteiger partial charge on any atom is 0.147 e. The predicted octanol–water partition coefficient (Wildman–Crippen LogP) is 1.98. The van der Waals surface area contributed by atoms with E-state index in [0.717, 1.165) is 18.7 Å². The fourth-order valence-corrected chi connectivity index (χ4v) is 0.725. The van der Waals surface area contributed by atoms with Crippen molar-refractivity contribution in [2.24, 2.45) is 0 Å². The lowest BCUT2D eigenvalue weighted by Crippen LogP contribution is -2.18. The normalized spacial score (nSPS) is 9.55. The first kappa shape index (κ1) is 8.08. The highest BCUT2D eigenvalue weighted by atomic mass is 16.6. The highest BCUT2D eigenvalue weighted by Gasteiger charge is 1.87. The zero-order valence-corrected chi connectivity index (χ0v) is 6.71. The van der Waals surface area contributed by atoms with Gasteiger partial charge < -0.3 is 4.84 Å². The van der Waals surface area contributed by atoms with Gasteiger partial charge in [0.2, 0.25) is 0 Å². The molecule has 2 nitrogen and oxygen atoms in total. The third-order valence-corrected chi connectivity index (χ3v) is 1.29. The third-order valence-electron chi connectivity index (χ3n) is 1.29. The van der Waals surface area contributed by atoms with Crippen LogP contribution in [0.4, 0.5) is 0 Å². The molecule has 1 rings (SSSR count). The van der Waals surface area contributed by atoms with Crippen molar-refractivity contribution in [2.75, 3.05) is 6.54 Å². The predicted molar refractivity (Wildman–Crippen MR) is 45.4 cm³/mol. The van der Waals surface area contributed by atoms with Gasteiger partial charge in [0.1, 0.15) is 5.75 Å². The van der Waals surface area contributed by atoms with Gasteiger partial charge in [0.05, 0.1) is 0 Å². The highest BCUT2D eigenvalue weighted by Crippen LogP contribution is 2.05. The number of hydrogen-bond acceptors (Lipinski definition) is 2. The van der Waals surface area contributed by atoms with Crippen molar-refractivity contribution in [1.29, 1.82) is 0 Å². The molecule has 0 aromatic heterocycles. The van der Waals surface area contributed by atoms with Crippen LogP contribution >= 0.6 is 0 Å². The minimum Gasteiger partial charge on any atom is -0.409 e. The standard InChI is InChI=1S/C9H13NO/c1-2-8-10-11-9-6-4-3-5-7-9/h3-7,10H,2,8H2,1H3. The summed E-state index contributed by atoms with van der Waals surface area (Å²) in [5.41, 5.74) is 2.85. The number of benzene rings is 1. The minimum absolute atomic E-state index is 0.862. The summed E-state index contributed by atoms with van der Waals surface area (Å²) >= 11 is 0. The summed E-state index contributed by atoms with van der Waals surface area (Å²) in [5.74, 6) is 0.862. The summed E-state index contributed by atoms with van der Waals surface area (Å²) in [6.45, 7) is 2.98. The molecule has 0 spiro atoms. The largest absolute Gasteiger partial charge is 0.409 e. The van der Waals surface area contributed by atoms with Crippen LogP contribution in [0, 0.1) is 0 Å². The highest BCUT2D eigenvalue weighted by molar-refractivity contribution is 5.20. The number of para-hydroxylation sites is 1. The Labute approximate surface area is 67.1 Å². The molecule has 0 unspecified atom stereocenters. The van der Waals surface area contributed by atoms with E-state index in [9.17, 15) is 0 Å². The summed E-state index contributed by atoms with van der Waals surface area (Å²) in [7, 11) is 0. The van der Waals surface area contributed by atoms with E-state index in [4.69, 9.17) is 4.84 Å². The summed E-state index contributed by atoms with van der Waals surface area (Å²) < 4.78 is 0. The molecule has 1 aromatic carbocycles. The molecule has 2 heteroatoms. The summed E-state index contributed by atoms with van der Waals surface area (Å²) in [6.07, 6.45) is 1.08. The molecular formula is C9H13NO. The molecular weight excluding hydrogens is 138 g/mol. The Balaban J connectivity index is 2.28. The van der Waals surface area contributed by atoms with Crippen LogP contribution in [0.25, 0.3) is 0 Å². The van der Waals surface area contributed by atoms with Crippen LogP contribution in [-0.2, 0) is 0 Å². The van der Waals surface area contributed by atoms with E-state index >= 15 is 0 Å². The van der Waals surface area contributed by atoms with Crippen LogP contribution in [0.1, 0.15) is 13.3 Å². The molecule has 0 aliphatic heterocycles. The van der Waals surface area contributed by atoms with Gasteiger partial charge in [-0.25, -0.2) is 0 Å². The van der Waals surface area contributed by atoms with Crippen LogP contribution in [0.15, 0.2) is 30.3 Å². The van der Waals surface area contributed by atoms with E-state index < -0.39 is 0 Å². The first-order valence-corrected chi connectivity index (χ1v) is 3.88. The Kier molecular flexibility index (Phi) is 3.48. The average Bonchev–Trinajstić information content (AvgIpc) is 2.07. The van der Waals surface area contributed by atoms with Gasteiger partial charge in [-0.3, -0.25) is 0 Å². The van der Waals surface area contributed by atoms with Crippen molar-refractivity contribution >= 4 is 0 Å². The van der Waals surface area contributed by atoms with Crippen molar-refractivity contribution in [3.05, 3.63) is 30.3 Å². The van der Waals surface area contributed by atoms with Gasteiger partial charge >= 0.3 is 0 Å². The van der Waals surface area contributed by atoms with Gasteiger partial charge in [0, 0.05) is 6.54 Å². The van der Waals surface area contributed by atoms with Gasteiger partial charge in [0.15, 0.2) is 0 Å². The average molecular weight is 151 g/mol. The molecule has 0 fully saturated rings. The van der Waals surface area contributed by atoms with E-state index in [0.29, 0.717) is 0 Å². The molecule has 0 radical (unpaired) electrons. The molecule has 60 valence electrons. The van der Waals surface area contributed by atoms with E-state index in [-0.39, 0.29) is 0 Å². The van der Waals surface area contributed by atoms with Crippen molar-refractivity contribution in [2.45, 2.75) is 13.3 Å². The fourth-order valence-electron chi connectivity index (χ4n) is 0.725. The molecule has 0 aliphatic carbocycles. The lowest BCUT2D eigenvalue weighted by molar-refractivity contribution is 0.196. The Hall–Kier alpha value is -1.02. The van der Waals surface area contributed by atoms with Crippen molar-refractivity contribution in [3.63, 3.8) is 0 Å². The SMILES string of the molecule is CCCNOc1ccccc1. The third kappa shape index (κ3) is 3.05. The Morgan fingerprint density at radius 2 is 2.00 bits per heavy atom. The lowest BCUT2D eigenvalue weighted by Gasteiger charge is -2.04. The Bertz CT molecular complexity index is 186. The molecule has 0 atom stereocenters. The second-order valence-electron chi connectivity index (χ2n) is 2.31. The van der Waals surface area contributed by atoms with Crippen LogP contribution in [0.5, 0.6) is 5.75 Å². The Morgan fingerprint density at radius 1 is 1.27 bits per heavy atom. The molecule has 0 bridgehead atoms. The van der Waals surface area contributed by atoms with Crippen LogP contribution in [-0.4, -0.2) is 6.54 Å². The minimum atomic E-state index is 0.862. The van der Waals surface area contributed by atoms with E-state index in [1.165, 1.54) is 0 Å². The van der Waals surface area contributed by atoms with Crippen LogP contribution in [0.2, 0.25) is 0 Å². The van der Waals surface area contributed by atoms with E-state index in [1.807, 2.05) is 30.3 Å². The summed E-state index contributed by atoms with van der Waals surface area (Å²) in [5, 5.41) is 0. The lowest BCUT2D eigenvalue weighted by atomic mass is 10.3. The molecule has 11 heavy (non-hydrogen) atoms. The zero-order chi connectivity index (χ0) is 7.94. The monoisotopic (exact) mass is 151 g/mol. The first-order valence-electron chi connectivity index (χ1n) is 3.88. The zero-order valence-electron chi connectivity index (χ0n) is 6.71. The van der Waals surface area contributed by atoms with Crippen molar-refractivity contribution in [3.8, 4) is 5.75 Å². The van der Waals surface area contributed by atoms with Gasteiger partial charge in [-0.1, -0.05) is 25.1 Å². The van der Waals surface area contributed by atoms with Crippen molar-refractivity contribution < 1.29 is 4.84 Å². The van der Waals surface area contributed by atoms with E-state index in [2.05, 4.69) is 12.4 Å². The maximum absolute atomic E-state index is 5.20. The molecule has 0 saturated heterocycles. The van der Waals surface area contributed by atoms with Gasteiger partial charge in [0.25, 0.3) is 0 Å². The van der Waals surface area contributed by atoms with Gasteiger partial charge in [-0.05, 0) is 18.6 Å². The van der Waals surface area contributed by atoms with Gasteiger partial charge in [-0.15, -0.1) is 0 Å².